The van der Waals surface area contributed by atoms with E-state index in [0.29, 0.717) is 41.9 Å². The summed E-state index contributed by atoms with van der Waals surface area (Å²) in [6, 6.07) is 9.83. The minimum atomic E-state index is -5.75. The van der Waals surface area contributed by atoms with E-state index in [1.807, 2.05) is 11.0 Å². The van der Waals surface area contributed by atoms with E-state index in [4.69, 9.17) is 9.47 Å². The van der Waals surface area contributed by atoms with Gasteiger partial charge in [0.2, 0.25) is 5.88 Å². The Labute approximate surface area is 194 Å². The number of hydrogen-bond donors (Lipinski definition) is 0. The number of nitrogens with zero attached hydrogens (tertiary/aromatic N) is 3. The topological polar surface area (TPSA) is 54.9 Å². The van der Waals surface area contributed by atoms with Crippen LogP contribution in [0.15, 0.2) is 42.6 Å². The molecule has 0 atom stereocenters. The minimum absolute atomic E-state index is 0.0319. The number of piperidine rings is 1. The van der Waals surface area contributed by atoms with Crippen molar-refractivity contribution in [2.45, 2.75) is 24.9 Å². The van der Waals surface area contributed by atoms with Crippen molar-refractivity contribution in [3.63, 3.8) is 0 Å². The van der Waals surface area contributed by atoms with Crippen LogP contribution in [0.4, 0.5) is 27.6 Å². The quantitative estimate of drug-likeness (QED) is 0.508. The highest BCUT2D eigenvalue weighted by atomic mass is 19.4. The Morgan fingerprint density at radius 1 is 1.15 bits per heavy atom. The standard InChI is InChI=1S/C23H26F5N3O3/c1-30(15-22(24,25)23(26,27)28)21(32)18-7-6-17(33-2)13-19(18)31-11-8-16(9-12-31)14-34-20-5-3-4-10-29-20/h3-7,10,13,16H,8-9,11-12,14-15H2,1-2H3. The van der Waals surface area contributed by atoms with Crippen LogP contribution in [0.5, 0.6) is 11.6 Å². The lowest BCUT2D eigenvalue weighted by Crippen LogP contribution is -2.47. The van der Waals surface area contributed by atoms with Gasteiger partial charge in [-0.3, -0.25) is 4.79 Å². The molecule has 1 aromatic carbocycles. The number of anilines is 1. The summed E-state index contributed by atoms with van der Waals surface area (Å²) in [5.74, 6) is -4.73. The number of ether oxygens (including phenoxy) is 2. The molecule has 34 heavy (non-hydrogen) atoms. The van der Waals surface area contributed by atoms with Crippen molar-refractivity contribution in [3.8, 4) is 11.6 Å². The lowest BCUT2D eigenvalue weighted by atomic mass is 9.96. The van der Waals surface area contributed by atoms with Gasteiger partial charge in [-0.15, -0.1) is 0 Å². The number of alkyl halides is 5. The van der Waals surface area contributed by atoms with Gasteiger partial charge in [0, 0.05) is 38.5 Å². The summed E-state index contributed by atoms with van der Waals surface area (Å²) < 4.78 is 75.8. The first-order chi connectivity index (χ1) is 16.0. The second-order valence-electron chi connectivity index (χ2n) is 8.16. The van der Waals surface area contributed by atoms with Gasteiger partial charge in [0.1, 0.15) is 5.75 Å². The number of methoxy groups -OCH3 is 1. The van der Waals surface area contributed by atoms with Gasteiger partial charge in [0.25, 0.3) is 5.91 Å². The summed E-state index contributed by atoms with van der Waals surface area (Å²) in [5.41, 5.74) is 0.458. The molecule has 0 unspecified atom stereocenters. The van der Waals surface area contributed by atoms with E-state index in [9.17, 15) is 26.7 Å². The molecule has 6 nitrogen and oxygen atoms in total. The SMILES string of the molecule is COc1ccc(C(=O)N(C)CC(F)(F)C(F)(F)F)c(N2CCC(COc3ccccn3)CC2)c1. The van der Waals surface area contributed by atoms with E-state index >= 15 is 0 Å². The van der Waals surface area contributed by atoms with Crippen LogP contribution in [0.1, 0.15) is 23.2 Å². The van der Waals surface area contributed by atoms with Crippen LogP contribution < -0.4 is 14.4 Å². The van der Waals surface area contributed by atoms with Crippen molar-refractivity contribution in [1.82, 2.24) is 9.88 Å². The minimum Gasteiger partial charge on any atom is -0.497 e. The van der Waals surface area contributed by atoms with Gasteiger partial charge in [-0.25, -0.2) is 4.98 Å². The third kappa shape index (κ3) is 6.06. The Bertz CT molecular complexity index is 964. The molecule has 186 valence electrons. The van der Waals surface area contributed by atoms with E-state index in [1.165, 1.54) is 19.2 Å². The number of carbonyl (C=O) groups is 1. The van der Waals surface area contributed by atoms with Crippen molar-refractivity contribution in [2.75, 3.05) is 45.3 Å². The van der Waals surface area contributed by atoms with Gasteiger partial charge >= 0.3 is 12.1 Å². The number of aromatic nitrogens is 1. The molecule has 0 aliphatic carbocycles. The molecule has 3 rings (SSSR count). The summed E-state index contributed by atoms with van der Waals surface area (Å²) in [5, 5.41) is 0. The van der Waals surface area contributed by atoms with Gasteiger partial charge in [-0.1, -0.05) is 6.07 Å². The molecule has 0 N–H and O–H groups in total. The average molecular weight is 487 g/mol. The van der Waals surface area contributed by atoms with Crippen molar-refractivity contribution < 1.29 is 36.2 Å². The Morgan fingerprint density at radius 3 is 2.44 bits per heavy atom. The second-order valence-corrected chi connectivity index (χ2v) is 8.16. The number of amides is 1. The Kier molecular flexibility index (Phi) is 7.83. The first-order valence-electron chi connectivity index (χ1n) is 10.7. The van der Waals surface area contributed by atoms with Crippen molar-refractivity contribution in [3.05, 3.63) is 48.2 Å². The predicted molar refractivity (Wildman–Crippen MR) is 116 cm³/mol. The molecule has 0 radical (unpaired) electrons. The van der Waals surface area contributed by atoms with Crippen molar-refractivity contribution >= 4 is 11.6 Å². The van der Waals surface area contributed by atoms with Crippen LogP contribution in [-0.2, 0) is 0 Å². The van der Waals surface area contributed by atoms with Gasteiger partial charge in [0.05, 0.1) is 31.5 Å². The predicted octanol–water partition coefficient (Wildman–Crippen LogP) is 4.66. The van der Waals surface area contributed by atoms with E-state index < -0.39 is 24.6 Å². The molecule has 11 heteroatoms. The molecule has 1 aliphatic rings. The van der Waals surface area contributed by atoms with Crippen LogP contribution in [0.3, 0.4) is 0 Å². The number of pyridine rings is 1. The van der Waals surface area contributed by atoms with E-state index in [0.717, 1.165) is 19.9 Å². The number of halogens is 5. The fourth-order valence-corrected chi connectivity index (χ4v) is 3.72. The normalized spacial score (nSPS) is 15.2. The largest absolute Gasteiger partial charge is 0.497 e. The Morgan fingerprint density at radius 2 is 1.85 bits per heavy atom. The third-order valence-electron chi connectivity index (χ3n) is 5.69. The van der Waals surface area contributed by atoms with Gasteiger partial charge in [-0.2, -0.15) is 22.0 Å². The van der Waals surface area contributed by atoms with Crippen LogP contribution in [0, 0.1) is 5.92 Å². The summed E-state index contributed by atoms with van der Waals surface area (Å²) in [6.45, 7) is -0.198. The summed E-state index contributed by atoms with van der Waals surface area (Å²) in [4.78, 5) is 19.3. The highest BCUT2D eigenvalue weighted by Crippen LogP contribution is 2.37. The average Bonchev–Trinajstić information content (AvgIpc) is 2.82. The molecule has 1 aromatic heterocycles. The molecule has 1 saturated heterocycles. The Hall–Kier alpha value is -3.11. The molecule has 0 bridgehead atoms. The fraction of sp³-hybridized carbons (Fsp3) is 0.478. The Balaban J connectivity index is 1.70. The molecule has 1 aliphatic heterocycles. The summed E-state index contributed by atoms with van der Waals surface area (Å²) >= 11 is 0. The first kappa shape index (κ1) is 25.5. The zero-order valence-corrected chi connectivity index (χ0v) is 18.8. The van der Waals surface area contributed by atoms with Crippen molar-refractivity contribution in [2.24, 2.45) is 5.92 Å². The maximum absolute atomic E-state index is 13.5. The number of carbonyl (C=O) groups excluding carboxylic acids is 1. The highest BCUT2D eigenvalue weighted by molar-refractivity contribution is 6.00. The maximum atomic E-state index is 13.5. The monoisotopic (exact) mass is 487 g/mol. The number of hydrogen-bond acceptors (Lipinski definition) is 5. The van der Waals surface area contributed by atoms with Crippen LogP contribution in [0.25, 0.3) is 0 Å². The molecular weight excluding hydrogens is 461 g/mol. The zero-order valence-electron chi connectivity index (χ0n) is 18.8. The summed E-state index contributed by atoms with van der Waals surface area (Å²) in [7, 11) is 2.37. The van der Waals surface area contributed by atoms with Gasteiger partial charge in [0.15, 0.2) is 0 Å². The van der Waals surface area contributed by atoms with E-state index in [-0.39, 0.29) is 11.5 Å². The molecule has 0 spiro atoms. The molecule has 1 fully saturated rings. The smallest absolute Gasteiger partial charge is 0.455 e. The van der Waals surface area contributed by atoms with E-state index in [2.05, 4.69) is 4.98 Å². The molecular formula is C23H26F5N3O3. The fourth-order valence-electron chi connectivity index (χ4n) is 3.72. The lowest BCUT2D eigenvalue weighted by Gasteiger charge is -2.35. The molecule has 2 heterocycles. The van der Waals surface area contributed by atoms with Crippen LogP contribution in [0.2, 0.25) is 0 Å². The number of benzene rings is 1. The zero-order chi connectivity index (χ0) is 24.9. The van der Waals surface area contributed by atoms with Crippen molar-refractivity contribution in [1.29, 1.82) is 0 Å². The molecule has 1 amide bonds. The second kappa shape index (κ2) is 10.4. The molecule has 0 saturated carbocycles. The number of rotatable bonds is 8. The van der Waals surface area contributed by atoms with Gasteiger partial charge < -0.3 is 19.3 Å². The molecule has 2 aromatic rings. The van der Waals surface area contributed by atoms with E-state index in [1.54, 1.807) is 24.4 Å². The lowest BCUT2D eigenvalue weighted by molar-refractivity contribution is -0.283. The highest BCUT2D eigenvalue weighted by Gasteiger charge is 2.58. The van der Waals surface area contributed by atoms with Crippen LogP contribution in [-0.4, -0.2) is 68.3 Å². The first-order valence-corrected chi connectivity index (χ1v) is 10.7. The third-order valence-corrected chi connectivity index (χ3v) is 5.69. The maximum Gasteiger partial charge on any atom is 0.455 e. The summed E-state index contributed by atoms with van der Waals surface area (Å²) in [6.07, 6.45) is -2.64. The van der Waals surface area contributed by atoms with Crippen LogP contribution >= 0.6 is 0 Å². The van der Waals surface area contributed by atoms with Gasteiger partial charge in [-0.05, 0) is 37.0 Å².